The van der Waals surface area contributed by atoms with Gasteiger partial charge in [0, 0.05) is 17.5 Å². The zero-order valence-corrected chi connectivity index (χ0v) is 12.9. The highest BCUT2D eigenvalue weighted by atomic mass is 32.1. The van der Waals surface area contributed by atoms with E-state index in [1.807, 2.05) is 11.3 Å². The van der Waals surface area contributed by atoms with Crippen LogP contribution in [0.4, 0.5) is 5.82 Å². The molecule has 0 aromatic carbocycles. The molecule has 2 aromatic heterocycles. The van der Waals surface area contributed by atoms with E-state index in [1.54, 1.807) is 16.8 Å². The molecule has 0 bridgehead atoms. The Morgan fingerprint density at radius 2 is 2.05 bits per heavy atom. The van der Waals surface area contributed by atoms with Crippen molar-refractivity contribution >= 4 is 27.4 Å². The Hall–Kier alpha value is -1.16. The lowest BCUT2D eigenvalue weighted by Crippen LogP contribution is -2.38. The van der Waals surface area contributed by atoms with E-state index in [0.717, 1.165) is 6.54 Å². The van der Waals surface area contributed by atoms with Crippen LogP contribution >= 0.6 is 11.3 Å². The van der Waals surface area contributed by atoms with Crippen LogP contribution in [0.5, 0.6) is 0 Å². The number of thiophene rings is 1. The van der Waals surface area contributed by atoms with Crippen LogP contribution in [0.1, 0.15) is 49.5 Å². The molecule has 3 heterocycles. The monoisotopic (exact) mass is 287 g/mol. The van der Waals surface area contributed by atoms with Crippen LogP contribution in [0.2, 0.25) is 0 Å². The van der Waals surface area contributed by atoms with E-state index in [9.17, 15) is 0 Å². The second-order valence-corrected chi connectivity index (χ2v) is 7.21. The Labute approximate surface area is 124 Å². The average molecular weight is 287 g/mol. The summed E-state index contributed by atoms with van der Waals surface area (Å²) < 4.78 is 0. The highest BCUT2D eigenvalue weighted by Crippen LogP contribution is 2.40. The number of anilines is 1. The minimum atomic E-state index is 0.612. The zero-order valence-electron chi connectivity index (χ0n) is 12.1. The van der Waals surface area contributed by atoms with Gasteiger partial charge in [-0.2, -0.15) is 0 Å². The van der Waals surface area contributed by atoms with Crippen molar-refractivity contribution in [3.8, 4) is 0 Å². The molecule has 1 saturated heterocycles. The third-order valence-electron chi connectivity index (χ3n) is 4.81. The van der Waals surface area contributed by atoms with E-state index in [1.165, 1.54) is 61.0 Å². The topological polar surface area (TPSA) is 29.0 Å². The van der Waals surface area contributed by atoms with Crippen LogP contribution in [0.25, 0.3) is 10.2 Å². The number of nitrogens with zero attached hydrogens (tertiary/aromatic N) is 3. The fourth-order valence-electron chi connectivity index (χ4n) is 3.70. The molecule has 0 spiro atoms. The first-order chi connectivity index (χ1) is 9.84. The predicted molar refractivity (Wildman–Crippen MR) is 84.7 cm³/mol. The van der Waals surface area contributed by atoms with Gasteiger partial charge >= 0.3 is 0 Å². The normalized spacial score (nSPS) is 23.1. The summed E-state index contributed by atoms with van der Waals surface area (Å²) in [5.41, 5.74) is 1.56. The van der Waals surface area contributed by atoms with Crippen molar-refractivity contribution < 1.29 is 0 Å². The summed E-state index contributed by atoms with van der Waals surface area (Å²) in [5, 5.41) is 1.38. The molecule has 1 aliphatic carbocycles. The quantitative estimate of drug-likeness (QED) is 0.795. The zero-order chi connectivity index (χ0) is 13.5. The Balaban J connectivity index is 1.88. The second kappa shape index (κ2) is 4.99. The van der Waals surface area contributed by atoms with E-state index in [2.05, 4.69) is 21.8 Å². The summed E-state index contributed by atoms with van der Waals surface area (Å²) in [5.74, 6) is 1.21. The summed E-state index contributed by atoms with van der Waals surface area (Å²) in [6.45, 7) is 3.49. The Morgan fingerprint density at radius 3 is 2.95 bits per heavy atom. The van der Waals surface area contributed by atoms with Gasteiger partial charge in [0.15, 0.2) is 0 Å². The summed E-state index contributed by atoms with van der Waals surface area (Å²) in [7, 11) is 0. The molecule has 1 fully saturated rings. The third kappa shape index (κ3) is 1.93. The van der Waals surface area contributed by atoms with E-state index >= 15 is 0 Å². The molecule has 4 rings (SSSR count). The Kier molecular flexibility index (Phi) is 3.14. The molecule has 1 atom stereocenters. The number of piperidine rings is 1. The smallest absolute Gasteiger partial charge is 0.141 e. The summed E-state index contributed by atoms with van der Waals surface area (Å²) in [6.07, 6.45) is 10.8. The summed E-state index contributed by atoms with van der Waals surface area (Å²) in [4.78, 5) is 14.5. The minimum Gasteiger partial charge on any atom is -0.353 e. The molecule has 0 radical (unpaired) electrons. The molecular weight excluding hydrogens is 266 g/mol. The number of aryl methyl sites for hydroxylation is 2. The van der Waals surface area contributed by atoms with Gasteiger partial charge < -0.3 is 4.90 Å². The number of fused-ring (bicyclic) bond motifs is 3. The predicted octanol–water partition coefficient (Wildman–Crippen LogP) is 3.95. The first kappa shape index (κ1) is 12.6. The van der Waals surface area contributed by atoms with Crippen molar-refractivity contribution in [1.29, 1.82) is 0 Å². The van der Waals surface area contributed by atoms with Crippen LogP contribution in [0, 0.1) is 0 Å². The van der Waals surface area contributed by atoms with Crippen LogP contribution < -0.4 is 4.90 Å². The van der Waals surface area contributed by atoms with Gasteiger partial charge in [0.25, 0.3) is 0 Å². The van der Waals surface area contributed by atoms with Crippen molar-refractivity contribution in [2.45, 2.75) is 57.9 Å². The van der Waals surface area contributed by atoms with Crippen LogP contribution in [-0.2, 0) is 12.8 Å². The van der Waals surface area contributed by atoms with Gasteiger partial charge in [-0.3, -0.25) is 0 Å². The molecule has 0 saturated carbocycles. The Morgan fingerprint density at radius 1 is 1.15 bits per heavy atom. The van der Waals surface area contributed by atoms with Crippen LogP contribution in [-0.4, -0.2) is 22.6 Å². The molecule has 106 valence electrons. The molecule has 20 heavy (non-hydrogen) atoms. The largest absolute Gasteiger partial charge is 0.353 e. The van der Waals surface area contributed by atoms with Crippen molar-refractivity contribution in [3.05, 3.63) is 16.8 Å². The molecule has 2 aromatic rings. The van der Waals surface area contributed by atoms with E-state index in [0.29, 0.717) is 6.04 Å². The lowest BCUT2D eigenvalue weighted by Gasteiger charge is -2.35. The SMILES string of the molecule is C[C@H]1CCCCN1c1ncnc2sc3c(c12)CCCC3. The standard InChI is InChI=1S/C16H21N3S/c1-11-6-4-5-9-19(11)15-14-12-7-2-3-8-13(12)20-16(14)18-10-17-15/h10-11H,2-9H2,1H3/t11-/m0/s1. The highest BCUT2D eigenvalue weighted by Gasteiger charge is 2.26. The first-order valence-electron chi connectivity index (χ1n) is 7.86. The maximum Gasteiger partial charge on any atom is 0.141 e. The van der Waals surface area contributed by atoms with Crippen LogP contribution in [0.15, 0.2) is 6.33 Å². The van der Waals surface area contributed by atoms with E-state index in [-0.39, 0.29) is 0 Å². The van der Waals surface area contributed by atoms with E-state index < -0.39 is 0 Å². The second-order valence-electron chi connectivity index (χ2n) is 6.13. The molecule has 0 N–H and O–H groups in total. The summed E-state index contributed by atoms with van der Waals surface area (Å²) in [6, 6.07) is 0.612. The van der Waals surface area contributed by atoms with Crippen molar-refractivity contribution in [1.82, 2.24) is 9.97 Å². The maximum absolute atomic E-state index is 4.68. The molecule has 0 amide bonds. The Bertz CT molecular complexity index is 634. The van der Waals surface area contributed by atoms with Gasteiger partial charge in [0.1, 0.15) is 17.0 Å². The van der Waals surface area contributed by atoms with Gasteiger partial charge in [-0.1, -0.05) is 0 Å². The lowest BCUT2D eigenvalue weighted by atomic mass is 9.96. The lowest BCUT2D eigenvalue weighted by molar-refractivity contribution is 0.482. The molecule has 3 nitrogen and oxygen atoms in total. The van der Waals surface area contributed by atoms with Crippen molar-refractivity contribution in [2.75, 3.05) is 11.4 Å². The number of rotatable bonds is 1. The van der Waals surface area contributed by atoms with Crippen molar-refractivity contribution in [3.63, 3.8) is 0 Å². The fourth-order valence-corrected chi connectivity index (χ4v) is 4.93. The first-order valence-corrected chi connectivity index (χ1v) is 8.68. The van der Waals surface area contributed by atoms with Crippen LogP contribution in [0.3, 0.4) is 0 Å². The van der Waals surface area contributed by atoms with Gasteiger partial charge in [0.2, 0.25) is 0 Å². The molecule has 0 unspecified atom stereocenters. The minimum absolute atomic E-state index is 0.612. The van der Waals surface area contributed by atoms with Gasteiger partial charge in [-0.05, 0) is 57.4 Å². The highest BCUT2D eigenvalue weighted by molar-refractivity contribution is 7.19. The molecular formula is C16H21N3S. The number of hydrogen-bond acceptors (Lipinski definition) is 4. The number of aromatic nitrogens is 2. The number of hydrogen-bond donors (Lipinski definition) is 0. The third-order valence-corrected chi connectivity index (χ3v) is 6.01. The average Bonchev–Trinajstić information content (AvgIpc) is 2.86. The maximum atomic E-state index is 4.68. The van der Waals surface area contributed by atoms with Gasteiger partial charge in [-0.15, -0.1) is 11.3 Å². The van der Waals surface area contributed by atoms with Gasteiger partial charge in [0.05, 0.1) is 5.39 Å². The molecule has 2 aliphatic rings. The van der Waals surface area contributed by atoms with E-state index in [4.69, 9.17) is 0 Å². The molecule has 4 heteroatoms. The summed E-state index contributed by atoms with van der Waals surface area (Å²) >= 11 is 1.90. The molecule has 1 aliphatic heterocycles. The fraction of sp³-hybridized carbons (Fsp3) is 0.625. The van der Waals surface area contributed by atoms with Crippen molar-refractivity contribution in [2.24, 2.45) is 0 Å². The van der Waals surface area contributed by atoms with Gasteiger partial charge in [-0.25, -0.2) is 9.97 Å².